The standard InChI is InChI=1S/C40H78O4/c1-2-3-4-5-6-7-23-26-29-32-35-38(40(43)44)36-33-30-27-24-21-19-17-15-13-11-9-8-10-12-14-16-18-20-22-25-28-31-34-37-39(41)42/h38H,2-37H2,1H3,(H,41,42)(H,43,44). The summed E-state index contributed by atoms with van der Waals surface area (Å²) in [5.41, 5.74) is 0. The number of carboxylic acids is 2. The Hall–Kier alpha value is -1.06. The zero-order valence-corrected chi connectivity index (χ0v) is 29.7. The Morgan fingerprint density at radius 2 is 0.591 bits per heavy atom. The average molecular weight is 623 g/mol. The molecule has 0 heterocycles. The lowest BCUT2D eigenvalue weighted by Crippen LogP contribution is -2.13. The second-order valence-electron chi connectivity index (χ2n) is 14.1. The number of rotatable bonds is 38. The molecule has 4 heteroatoms. The van der Waals surface area contributed by atoms with E-state index in [1.165, 1.54) is 186 Å². The Labute approximate surface area is 275 Å². The maximum Gasteiger partial charge on any atom is 0.306 e. The molecule has 0 saturated heterocycles. The molecule has 0 aromatic heterocycles. The first-order chi connectivity index (χ1) is 21.6. The fourth-order valence-corrected chi connectivity index (χ4v) is 6.65. The Morgan fingerprint density at radius 3 is 0.818 bits per heavy atom. The van der Waals surface area contributed by atoms with Crippen LogP contribution in [-0.2, 0) is 9.59 Å². The molecule has 2 N–H and O–H groups in total. The summed E-state index contributed by atoms with van der Waals surface area (Å²) in [4.78, 5) is 22.1. The van der Waals surface area contributed by atoms with Crippen LogP contribution in [0.25, 0.3) is 0 Å². The number of unbranched alkanes of at least 4 members (excludes halogenated alkanes) is 31. The molecule has 0 bridgehead atoms. The third kappa shape index (κ3) is 35.4. The van der Waals surface area contributed by atoms with E-state index in [0.717, 1.165) is 38.5 Å². The van der Waals surface area contributed by atoms with Gasteiger partial charge in [-0.25, -0.2) is 0 Å². The highest BCUT2D eigenvalue weighted by molar-refractivity contribution is 5.69. The van der Waals surface area contributed by atoms with Gasteiger partial charge in [0.05, 0.1) is 5.92 Å². The van der Waals surface area contributed by atoms with Crippen molar-refractivity contribution in [1.82, 2.24) is 0 Å². The van der Waals surface area contributed by atoms with Crippen LogP contribution in [0.4, 0.5) is 0 Å². The highest BCUT2D eigenvalue weighted by atomic mass is 16.4. The van der Waals surface area contributed by atoms with Gasteiger partial charge in [0.15, 0.2) is 0 Å². The molecule has 0 amide bonds. The van der Waals surface area contributed by atoms with Gasteiger partial charge in [0.2, 0.25) is 0 Å². The van der Waals surface area contributed by atoms with Crippen molar-refractivity contribution in [3.63, 3.8) is 0 Å². The van der Waals surface area contributed by atoms with E-state index in [2.05, 4.69) is 6.92 Å². The van der Waals surface area contributed by atoms with Gasteiger partial charge >= 0.3 is 11.9 Å². The third-order valence-corrected chi connectivity index (χ3v) is 9.70. The highest BCUT2D eigenvalue weighted by Crippen LogP contribution is 2.21. The summed E-state index contributed by atoms with van der Waals surface area (Å²) in [6.45, 7) is 2.27. The summed E-state index contributed by atoms with van der Waals surface area (Å²) in [5.74, 6) is -1.34. The predicted molar refractivity (Wildman–Crippen MR) is 191 cm³/mol. The molecule has 0 radical (unpaired) electrons. The third-order valence-electron chi connectivity index (χ3n) is 9.70. The molecule has 1 unspecified atom stereocenters. The number of carboxylic acid groups (broad SMARTS) is 2. The highest BCUT2D eigenvalue weighted by Gasteiger charge is 2.16. The molecular weight excluding hydrogens is 544 g/mol. The average Bonchev–Trinajstić information content (AvgIpc) is 3.00. The molecule has 0 aliphatic carbocycles. The fourth-order valence-electron chi connectivity index (χ4n) is 6.65. The number of carbonyl (C=O) groups is 2. The number of hydrogen-bond donors (Lipinski definition) is 2. The fraction of sp³-hybridized carbons (Fsp3) is 0.950. The Kier molecular flexibility index (Phi) is 35.5. The molecule has 0 aromatic carbocycles. The molecule has 0 aliphatic heterocycles. The normalized spacial score (nSPS) is 12.1. The molecule has 4 nitrogen and oxygen atoms in total. The van der Waals surface area contributed by atoms with Crippen LogP contribution in [0.5, 0.6) is 0 Å². The lowest BCUT2D eigenvalue weighted by Gasteiger charge is -2.12. The van der Waals surface area contributed by atoms with Crippen molar-refractivity contribution in [2.75, 3.05) is 0 Å². The minimum absolute atomic E-state index is 0.111. The number of aliphatic carboxylic acids is 2. The largest absolute Gasteiger partial charge is 0.481 e. The van der Waals surface area contributed by atoms with Crippen LogP contribution in [0.3, 0.4) is 0 Å². The Morgan fingerprint density at radius 1 is 0.364 bits per heavy atom. The summed E-state index contributed by atoms with van der Waals surface area (Å²) < 4.78 is 0. The van der Waals surface area contributed by atoms with Crippen LogP contribution in [0.1, 0.15) is 238 Å². The lowest BCUT2D eigenvalue weighted by molar-refractivity contribution is -0.142. The molecule has 0 aliphatic rings. The van der Waals surface area contributed by atoms with E-state index in [1.54, 1.807) is 0 Å². The monoisotopic (exact) mass is 623 g/mol. The second kappa shape index (κ2) is 36.4. The van der Waals surface area contributed by atoms with Crippen LogP contribution in [-0.4, -0.2) is 22.2 Å². The molecule has 0 spiro atoms. The zero-order chi connectivity index (χ0) is 32.2. The first-order valence-corrected chi connectivity index (χ1v) is 20.0. The minimum Gasteiger partial charge on any atom is -0.481 e. The van der Waals surface area contributed by atoms with E-state index in [1.807, 2.05) is 0 Å². The van der Waals surface area contributed by atoms with Crippen LogP contribution in [0, 0.1) is 5.92 Å². The van der Waals surface area contributed by atoms with Gasteiger partial charge in [0.25, 0.3) is 0 Å². The van der Waals surface area contributed by atoms with E-state index in [4.69, 9.17) is 5.11 Å². The van der Waals surface area contributed by atoms with Crippen molar-refractivity contribution >= 4 is 11.9 Å². The van der Waals surface area contributed by atoms with E-state index < -0.39 is 11.9 Å². The van der Waals surface area contributed by atoms with Gasteiger partial charge in [-0.05, 0) is 19.3 Å². The van der Waals surface area contributed by atoms with E-state index >= 15 is 0 Å². The maximum atomic E-state index is 11.7. The lowest BCUT2D eigenvalue weighted by atomic mass is 9.94. The molecule has 0 fully saturated rings. The summed E-state index contributed by atoms with van der Waals surface area (Å²) in [5, 5.41) is 18.2. The molecule has 0 saturated carbocycles. The van der Waals surface area contributed by atoms with Gasteiger partial charge in [0, 0.05) is 6.42 Å². The Bertz CT molecular complexity index is 590. The van der Waals surface area contributed by atoms with Crippen LogP contribution < -0.4 is 0 Å². The van der Waals surface area contributed by atoms with E-state index in [0.29, 0.717) is 6.42 Å². The Balaban J connectivity index is 3.29. The minimum atomic E-state index is -0.658. The summed E-state index contributed by atoms with van der Waals surface area (Å²) in [7, 11) is 0. The van der Waals surface area contributed by atoms with Crippen molar-refractivity contribution in [3.8, 4) is 0 Å². The summed E-state index contributed by atoms with van der Waals surface area (Å²) in [6.07, 6.45) is 45.4. The summed E-state index contributed by atoms with van der Waals surface area (Å²) in [6, 6.07) is 0. The molecule has 262 valence electrons. The molecule has 0 aromatic rings. The van der Waals surface area contributed by atoms with Crippen LogP contribution >= 0.6 is 0 Å². The van der Waals surface area contributed by atoms with E-state index in [-0.39, 0.29) is 5.92 Å². The van der Waals surface area contributed by atoms with Crippen LogP contribution in [0.2, 0.25) is 0 Å². The topological polar surface area (TPSA) is 74.6 Å². The summed E-state index contributed by atoms with van der Waals surface area (Å²) >= 11 is 0. The van der Waals surface area contributed by atoms with Gasteiger partial charge in [-0.3, -0.25) is 9.59 Å². The molecule has 1 atom stereocenters. The number of hydrogen-bond acceptors (Lipinski definition) is 2. The van der Waals surface area contributed by atoms with Gasteiger partial charge in [0.1, 0.15) is 0 Å². The zero-order valence-electron chi connectivity index (χ0n) is 29.7. The van der Waals surface area contributed by atoms with Crippen molar-refractivity contribution in [1.29, 1.82) is 0 Å². The van der Waals surface area contributed by atoms with Gasteiger partial charge < -0.3 is 10.2 Å². The molecule has 0 rings (SSSR count). The van der Waals surface area contributed by atoms with Crippen molar-refractivity contribution in [2.24, 2.45) is 5.92 Å². The first kappa shape index (κ1) is 42.9. The maximum absolute atomic E-state index is 11.7. The molecular formula is C40H78O4. The van der Waals surface area contributed by atoms with Crippen molar-refractivity contribution < 1.29 is 19.8 Å². The predicted octanol–water partition coefficient (Wildman–Crippen LogP) is 13.8. The quantitative estimate of drug-likeness (QED) is 0.0672. The van der Waals surface area contributed by atoms with Crippen molar-refractivity contribution in [2.45, 2.75) is 238 Å². The van der Waals surface area contributed by atoms with Gasteiger partial charge in [-0.2, -0.15) is 0 Å². The molecule has 44 heavy (non-hydrogen) atoms. The van der Waals surface area contributed by atoms with Gasteiger partial charge in [-0.1, -0.05) is 212 Å². The first-order valence-electron chi connectivity index (χ1n) is 20.0. The van der Waals surface area contributed by atoms with E-state index in [9.17, 15) is 14.7 Å². The van der Waals surface area contributed by atoms with Crippen molar-refractivity contribution in [3.05, 3.63) is 0 Å². The van der Waals surface area contributed by atoms with Gasteiger partial charge in [-0.15, -0.1) is 0 Å². The second-order valence-corrected chi connectivity index (χ2v) is 14.1. The smallest absolute Gasteiger partial charge is 0.306 e. The van der Waals surface area contributed by atoms with Crippen LogP contribution in [0.15, 0.2) is 0 Å². The SMILES string of the molecule is CCCCCCCCCCCCC(CCCCCCCCCCCCCCCCCCCCCCCCCC(=O)O)C(=O)O.